The molecule has 0 aliphatic heterocycles. The highest BCUT2D eigenvalue weighted by molar-refractivity contribution is 6.15. The molecule has 3 aromatic carbocycles. The number of nitrogens with zero attached hydrogens (tertiary/aromatic N) is 1. The van der Waals surface area contributed by atoms with E-state index in [0.29, 0.717) is 6.42 Å². The van der Waals surface area contributed by atoms with E-state index < -0.39 is 0 Å². The van der Waals surface area contributed by atoms with Crippen molar-refractivity contribution in [2.75, 3.05) is 0 Å². The quantitative estimate of drug-likeness (QED) is 0.502. The smallest absolute Gasteiger partial charge is 0.160 e. The molecule has 0 fully saturated rings. The van der Waals surface area contributed by atoms with E-state index in [0.717, 1.165) is 27.1 Å². The first-order valence-corrected chi connectivity index (χ1v) is 8.41. The Bertz CT molecular complexity index is 1270. The monoisotopic (exact) mass is 321 g/mol. The van der Waals surface area contributed by atoms with Crippen LogP contribution in [0, 0.1) is 0 Å². The fourth-order valence-electron chi connectivity index (χ4n) is 3.67. The summed E-state index contributed by atoms with van der Waals surface area (Å²) in [6.45, 7) is 0. The van der Waals surface area contributed by atoms with E-state index >= 15 is 0 Å². The van der Waals surface area contributed by atoms with Crippen LogP contribution >= 0.6 is 0 Å². The molecule has 1 heterocycles. The van der Waals surface area contributed by atoms with Crippen molar-refractivity contribution in [3.63, 3.8) is 0 Å². The van der Waals surface area contributed by atoms with Crippen molar-refractivity contribution >= 4 is 39.5 Å². The highest BCUT2D eigenvalue weighted by Gasteiger charge is 2.10. The lowest BCUT2D eigenvalue weighted by Gasteiger charge is -2.11. The first-order chi connectivity index (χ1) is 12.3. The lowest BCUT2D eigenvalue weighted by molar-refractivity contribution is -0.112. The summed E-state index contributed by atoms with van der Waals surface area (Å²) in [5.41, 5.74) is 2.11. The fourth-order valence-corrected chi connectivity index (χ4v) is 3.67. The van der Waals surface area contributed by atoms with E-state index in [1.807, 2.05) is 30.5 Å². The normalized spacial score (nSPS) is 13.4. The van der Waals surface area contributed by atoms with Gasteiger partial charge in [0, 0.05) is 18.2 Å². The number of pyridine rings is 1. The number of ketones is 1. The zero-order chi connectivity index (χ0) is 16.8. The predicted octanol–water partition coefficient (Wildman–Crippen LogP) is 3.59. The predicted molar refractivity (Wildman–Crippen MR) is 102 cm³/mol. The average Bonchev–Trinajstić information content (AvgIpc) is 2.66. The third kappa shape index (κ3) is 2.26. The van der Waals surface area contributed by atoms with Gasteiger partial charge in [0.05, 0.1) is 5.69 Å². The molecular weight excluding hydrogens is 306 g/mol. The number of benzene rings is 3. The summed E-state index contributed by atoms with van der Waals surface area (Å²) in [5.74, 6) is 0.168. The van der Waals surface area contributed by atoms with Crippen molar-refractivity contribution < 1.29 is 4.79 Å². The molecule has 2 nitrogen and oxygen atoms in total. The Morgan fingerprint density at radius 1 is 0.840 bits per heavy atom. The summed E-state index contributed by atoms with van der Waals surface area (Å²) in [6, 6.07) is 20.9. The van der Waals surface area contributed by atoms with Crippen LogP contribution in [-0.4, -0.2) is 10.8 Å². The molecule has 118 valence electrons. The van der Waals surface area contributed by atoms with Crippen molar-refractivity contribution in [2.45, 2.75) is 6.42 Å². The number of aromatic nitrogens is 1. The van der Waals surface area contributed by atoms with Gasteiger partial charge in [0.25, 0.3) is 0 Å². The Kier molecular flexibility index (Phi) is 3.04. The second kappa shape index (κ2) is 5.38. The Hall–Kier alpha value is -3.26. The van der Waals surface area contributed by atoms with Crippen molar-refractivity contribution in [3.8, 4) is 11.3 Å². The second-order valence-electron chi connectivity index (χ2n) is 6.41. The minimum atomic E-state index is 0.168. The van der Waals surface area contributed by atoms with E-state index in [4.69, 9.17) is 0 Å². The van der Waals surface area contributed by atoms with Crippen molar-refractivity contribution in [1.29, 1.82) is 0 Å². The van der Waals surface area contributed by atoms with Gasteiger partial charge in [0.2, 0.25) is 0 Å². The molecule has 1 aliphatic rings. The van der Waals surface area contributed by atoms with Crippen LogP contribution in [0.4, 0.5) is 0 Å². The third-order valence-electron chi connectivity index (χ3n) is 4.84. The number of Topliss-reactive ketones (excluding diaryl/α,β-unsaturated/α-hetero) is 1. The van der Waals surface area contributed by atoms with Crippen molar-refractivity contribution in [2.24, 2.45) is 0 Å². The van der Waals surface area contributed by atoms with Crippen LogP contribution in [-0.2, 0) is 4.79 Å². The first-order valence-electron chi connectivity index (χ1n) is 8.41. The van der Waals surface area contributed by atoms with Crippen LogP contribution in [0.3, 0.4) is 0 Å². The number of carbonyl (C=O) groups is 1. The molecule has 5 rings (SSSR count). The Labute approximate surface area is 144 Å². The molecule has 0 spiro atoms. The molecule has 0 radical (unpaired) electrons. The van der Waals surface area contributed by atoms with Crippen LogP contribution in [0.5, 0.6) is 0 Å². The third-order valence-corrected chi connectivity index (χ3v) is 4.84. The van der Waals surface area contributed by atoms with Crippen LogP contribution in [0.1, 0.15) is 6.42 Å². The number of hydrogen-bond acceptors (Lipinski definition) is 2. The molecule has 0 unspecified atom stereocenters. The van der Waals surface area contributed by atoms with Gasteiger partial charge in [0.1, 0.15) is 0 Å². The van der Waals surface area contributed by atoms with E-state index in [2.05, 4.69) is 47.4 Å². The van der Waals surface area contributed by atoms with Crippen LogP contribution in [0.25, 0.3) is 45.0 Å². The highest BCUT2D eigenvalue weighted by Crippen LogP contribution is 2.32. The van der Waals surface area contributed by atoms with E-state index in [1.165, 1.54) is 16.2 Å². The van der Waals surface area contributed by atoms with Gasteiger partial charge in [-0.15, -0.1) is 0 Å². The summed E-state index contributed by atoms with van der Waals surface area (Å²) in [7, 11) is 0. The minimum absolute atomic E-state index is 0.168. The molecule has 0 saturated carbocycles. The number of carbonyl (C=O) groups excluding carboxylic acids is 1. The first kappa shape index (κ1) is 14.1. The lowest BCUT2D eigenvalue weighted by Crippen LogP contribution is -2.28. The minimum Gasteiger partial charge on any atom is -0.294 e. The van der Waals surface area contributed by atoms with E-state index in [1.54, 1.807) is 6.08 Å². The molecule has 0 bridgehead atoms. The lowest BCUT2D eigenvalue weighted by atomic mass is 9.94. The number of fused-ring (bicyclic) bond motifs is 4. The van der Waals surface area contributed by atoms with E-state index in [-0.39, 0.29) is 5.78 Å². The van der Waals surface area contributed by atoms with Gasteiger partial charge in [-0.05, 0) is 62.3 Å². The van der Waals surface area contributed by atoms with Gasteiger partial charge in [-0.25, -0.2) is 0 Å². The summed E-state index contributed by atoms with van der Waals surface area (Å²) in [4.78, 5) is 16.3. The summed E-state index contributed by atoms with van der Waals surface area (Å²) < 4.78 is 0. The van der Waals surface area contributed by atoms with E-state index in [9.17, 15) is 4.79 Å². The highest BCUT2D eigenvalue weighted by atomic mass is 16.1. The zero-order valence-corrected chi connectivity index (χ0v) is 13.6. The molecule has 4 aromatic rings. The van der Waals surface area contributed by atoms with Crippen LogP contribution < -0.4 is 10.4 Å². The Balaban J connectivity index is 1.95. The summed E-state index contributed by atoms with van der Waals surface area (Å²) in [6.07, 6.45) is 6.09. The molecule has 25 heavy (non-hydrogen) atoms. The van der Waals surface area contributed by atoms with Crippen LogP contribution in [0.2, 0.25) is 0 Å². The van der Waals surface area contributed by atoms with Gasteiger partial charge in [-0.1, -0.05) is 42.5 Å². The molecule has 0 saturated heterocycles. The molecule has 1 aliphatic carbocycles. The number of rotatable bonds is 1. The SMILES string of the molecule is O=C1C=c2cc3ccc4cccc(-c5ccccn5)c4c3cc2=CC1. The molecule has 1 aromatic heterocycles. The summed E-state index contributed by atoms with van der Waals surface area (Å²) in [5, 5.41) is 6.91. The Morgan fingerprint density at radius 2 is 1.76 bits per heavy atom. The molecule has 0 amide bonds. The van der Waals surface area contributed by atoms with Crippen molar-refractivity contribution in [3.05, 3.63) is 77.3 Å². The zero-order valence-electron chi connectivity index (χ0n) is 13.6. The second-order valence-corrected chi connectivity index (χ2v) is 6.41. The van der Waals surface area contributed by atoms with Crippen LogP contribution in [0.15, 0.2) is 66.9 Å². The Morgan fingerprint density at radius 3 is 2.64 bits per heavy atom. The standard InChI is InChI=1S/C23H15NO/c25-19-10-9-16-14-21-17(12-18(16)13-19)8-7-15-4-3-5-20(23(15)21)22-6-1-2-11-24-22/h1-9,11-14H,10H2. The molecule has 0 N–H and O–H groups in total. The fraction of sp³-hybridized carbons (Fsp3) is 0.0435. The number of hydrogen-bond donors (Lipinski definition) is 0. The molecule has 2 heteroatoms. The summed E-state index contributed by atoms with van der Waals surface area (Å²) >= 11 is 0. The van der Waals surface area contributed by atoms with Gasteiger partial charge in [-0.2, -0.15) is 0 Å². The topological polar surface area (TPSA) is 30.0 Å². The van der Waals surface area contributed by atoms with Gasteiger partial charge in [-0.3, -0.25) is 9.78 Å². The van der Waals surface area contributed by atoms with Gasteiger partial charge < -0.3 is 0 Å². The maximum Gasteiger partial charge on any atom is 0.160 e. The maximum absolute atomic E-state index is 11.7. The average molecular weight is 321 g/mol. The maximum atomic E-state index is 11.7. The van der Waals surface area contributed by atoms with Gasteiger partial charge in [0.15, 0.2) is 5.78 Å². The largest absolute Gasteiger partial charge is 0.294 e. The van der Waals surface area contributed by atoms with Crippen molar-refractivity contribution in [1.82, 2.24) is 4.98 Å². The van der Waals surface area contributed by atoms with Gasteiger partial charge >= 0.3 is 0 Å². The molecular formula is C23H15NO. The molecule has 0 atom stereocenters.